The molecule has 1 aromatic rings. The Morgan fingerprint density at radius 2 is 2.27 bits per heavy atom. The van der Waals surface area contributed by atoms with Crippen LogP contribution in [-0.4, -0.2) is 16.5 Å². The molecule has 1 aliphatic carbocycles. The molecule has 0 saturated heterocycles. The number of aryl methyl sites for hydroxylation is 1. The Morgan fingerprint density at radius 1 is 1.47 bits per heavy atom. The molecule has 82 valence electrons. The van der Waals surface area contributed by atoms with E-state index in [-0.39, 0.29) is 0 Å². The predicted molar refractivity (Wildman–Crippen MR) is 60.4 cm³/mol. The summed E-state index contributed by atoms with van der Waals surface area (Å²) >= 11 is 0. The average Bonchev–Trinajstić information content (AvgIpc) is 2.99. The number of hydrogen-bond acceptors (Lipinski definition) is 3. The summed E-state index contributed by atoms with van der Waals surface area (Å²) in [7, 11) is 0. The topological polar surface area (TPSA) is 37.8 Å². The molecule has 0 atom stereocenters. The second-order valence-corrected chi connectivity index (χ2v) is 4.55. The number of aromatic nitrogens is 2. The van der Waals surface area contributed by atoms with Gasteiger partial charge in [0.05, 0.1) is 5.69 Å². The highest BCUT2D eigenvalue weighted by Gasteiger charge is 2.39. The molecule has 0 radical (unpaired) electrons. The van der Waals surface area contributed by atoms with Crippen LogP contribution in [0.4, 0.5) is 0 Å². The van der Waals surface area contributed by atoms with Crippen molar-refractivity contribution in [2.45, 2.75) is 39.7 Å². The first-order chi connectivity index (χ1) is 7.24. The molecule has 2 rings (SSSR count). The van der Waals surface area contributed by atoms with Gasteiger partial charge in [-0.3, -0.25) is 0 Å². The molecule has 0 amide bonds. The van der Waals surface area contributed by atoms with E-state index >= 15 is 0 Å². The summed E-state index contributed by atoms with van der Waals surface area (Å²) in [5.41, 5.74) is 1.71. The van der Waals surface area contributed by atoms with E-state index in [2.05, 4.69) is 22.2 Å². The molecule has 1 aliphatic rings. The molecule has 1 aromatic heterocycles. The van der Waals surface area contributed by atoms with Crippen LogP contribution in [0.1, 0.15) is 37.7 Å². The van der Waals surface area contributed by atoms with Gasteiger partial charge in [0.2, 0.25) is 0 Å². The highest BCUT2D eigenvalue weighted by molar-refractivity contribution is 5.02. The van der Waals surface area contributed by atoms with Crippen LogP contribution in [0.25, 0.3) is 0 Å². The molecule has 0 bridgehead atoms. The van der Waals surface area contributed by atoms with Crippen LogP contribution in [0.3, 0.4) is 0 Å². The minimum Gasteiger partial charge on any atom is -0.311 e. The molecule has 3 nitrogen and oxygen atoms in total. The summed E-state index contributed by atoms with van der Waals surface area (Å²) in [4.78, 5) is 8.45. The molecule has 0 aromatic carbocycles. The lowest BCUT2D eigenvalue weighted by molar-refractivity contribution is 0.441. The van der Waals surface area contributed by atoms with E-state index in [1.165, 1.54) is 19.3 Å². The van der Waals surface area contributed by atoms with Gasteiger partial charge in [-0.15, -0.1) is 0 Å². The minimum atomic E-state index is 0.613. The number of rotatable bonds is 5. The first kappa shape index (κ1) is 10.6. The lowest BCUT2D eigenvalue weighted by Gasteiger charge is -2.12. The Balaban J connectivity index is 1.78. The lowest BCUT2D eigenvalue weighted by atomic mass is 10.0. The summed E-state index contributed by atoms with van der Waals surface area (Å²) in [6, 6.07) is 1.98. The highest BCUT2D eigenvalue weighted by Crippen LogP contribution is 2.47. The van der Waals surface area contributed by atoms with Crippen LogP contribution in [-0.2, 0) is 6.54 Å². The third-order valence-corrected chi connectivity index (χ3v) is 3.35. The monoisotopic (exact) mass is 205 g/mol. The molecular formula is C12H19N3. The van der Waals surface area contributed by atoms with Crippen molar-refractivity contribution >= 4 is 0 Å². The number of hydrogen-bond donors (Lipinski definition) is 1. The zero-order valence-corrected chi connectivity index (χ0v) is 9.58. The van der Waals surface area contributed by atoms with Crippen molar-refractivity contribution in [1.29, 1.82) is 0 Å². The van der Waals surface area contributed by atoms with Crippen molar-refractivity contribution in [3.63, 3.8) is 0 Å². The largest absolute Gasteiger partial charge is 0.311 e. The summed E-state index contributed by atoms with van der Waals surface area (Å²) in [5, 5.41) is 3.49. The minimum absolute atomic E-state index is 0.613. The Bertz CT molecular complexity index is 331. The molecule has 0 unspecified atom stereocenters. The van der Waals surface area contributed by atoms with E-state index < -0.39 is 0 Å². The van der Waals surface area contributed by atoms with E-state index in [9.17, 15) is 0 Å². The van der Waals surface area contributed by atoms with Gasteiger partial charge in [0.25, 0.3) is 0 Å². The van der Waals surface area contributed by atoms with Gasteiger partial charge in [-0.25, -0.2) is 9.97 Å². The zero-order valence-electron chi connectivity index (χ0n) is 9.58. The Labute approximate surface area is 91.3 Å². The van der Waals surface area contributed by atoms with E-state index in [0.29, 0.717) is 5.41 Å². The van der Waals surface area contributed by atoms with Crippen molar-refractivity contribution in [2.24, 2.45) is 5.41 Å². The fourth-order valence-corrected chi connectivity index (χ4v) is 1.89. The normalized spacial score (nSPS) is 17.7. The molecule has 1 heterocycles. The first-order valence-corrected chi connectivity index (χ1v) is 5.73. The maximum Gasteiger partial charge on any atom is 0.125 e. The van der Waals surface area contributed by atoms with Gasteiger partial charge in [-0.05, 0) is 37.7 Å². The van der Waals surface area contributed by atoms with Gasteiger partial charge in [-0.1, -0.05) is 6.92 Å². The smallest absolute Gasteiger partial charge is 0.125 e. The van der Waals surface area contributed by atoms with E-state index in [4.69, 9.17) is 0 Å². The zero-order chi connectivity index (χ0) is 10.7. The van der Waals surface area contributed by atoms with Crippen LogP contribution < -0.4 is 5.32 Å². The summed E-state index contributed by atoms with van der Waals surface area (Å²) in [5.74, 6) is 0.853. The van der Waals surface area contributed by atoms with Gasteiger partial charge in [0, 0.05) is 19.3 Å². The third kappa shape index (κ3) is 2.75. The second-order valence-electron chi connectivity index (χ2n) is 4.55. The molecule has 1 N–H and O–H groups in total. The maximum absolute atomic E-state index is 4.37. The molecule has 0 aliphatic heterocycles. The standard InChI is InChI=1S/C12H19N3/c1-3-12(5-6-12)9-13-8-11-4-7-14-10(2)15-11/h4,7,13H,3,5-6,8-9H2,1-2H3. The van der Waals surface area contributed by atoms with Crippen molar-refractivity contribution in [3.8, 4) is 0 Å². The molecule has 1 saturated carbocycles. The van der Waals surface area contributed by atoms with Crippen LogP contribution in [0.15, 0.2) is 12.3 Å². The van der Waals surface area contributed by atoms with E-state index in [0.717, 1.165) is 24.6 Å². The Morgan fingerprint density at radius 3 is 2.87 bits per heavy atom. The van der Waals surface area contributed by atoms with E-state index in [1.807, 2.05) is 19.2 Å². The SMILES string of the molecule is CCC1(CNCc2ccnc(C)n2)CC1. The quantitative estimate of drug-likeness (QED) is 0.799. The van der Waals surface area contributed by atoms with Crippen molar-refractivity contribution < 1.29 is 0 Å². The van der Waals surface area contributed by atoms with Gasteiger partial charge in [0.15, 0.2) is 0 Å². The van der Waals surface area contributed by atoms with Gasteiger partial charge >= 0.3 is 0 Å². The summed E-state index contributed by atoms with van der Waals surface area (Å²) < 4.78 is 0. The fourth-order valence-electron chi connectivity index (χ4n) is 1.89. The molecule has 3 heteroatoms. The Hall–Kier alpha value is -0.960. The predicted octanol–water partition coefficient (Wildman–Crippen LogP) is 2.06. The molecule has 0 spiro atoms. The van der Waals surface area contributed by atoms with Gasteiger partial charge in [-0.2, -0.15) is 0 Å². The van der Waals surface area contributed by atoms with Crippen molar-refractivity contribution in [1.82, 2.24) is 15.3 Å². The lowest BCUT2D eigenvalue weighted by Crippen LogP contribution is -2.23. The third-order valence-electron chi connectivity index (χ3n) is 3.35. The average molecular weight is 205 g/mol. The van der Waals surface area contributed by atoms with Crippen molar-refractivity contribution in [3.05, 3.63) is 23.8 Å². The van der Waals surface area contributed by atoms with Gasteiger partial charge < -0.3 is 5.32 Å². The van der Waals surface area contributed by atoms with Crippen LogP contribution in [0.2, 0.25) is 0 Å². The molecule has 1 fully saturated rings. The highest BCUT2D eigenvalue weighted by atomic mass is 14.9. The van der Waals surface area contributed by atoms with Gasteiger partial charge in [0.1, 0.15) is 5.82 Å². The fraction of sp³-hybridized carbons (Fsp3) is 0.667. The molecule has 15 heavy (non-hydrogen) atoms. The van der Waals surface area contributed by atoms with Crippen LogP contribution in [0, 0.1) is 12.3 Å². The Kier molecular flexibility index (Phi) is 3.00. The summed E-state index contributed by atoms with van der Waals surface area (Å²) in [6.07, 6.45) is 5.90. The maximum atomic E-state index is 4.37. The second kappa shape index (κ2) is 4.27. The first-order valence-electron chi connectivity index (χ1n) is 5.73. The summed E-state index contributed by atoms with van der Waals surface area (Å²) in [6.45, 7) is 6.21. The van der Waals surface area contributed by atoms with E-state index in [1.54, 1.807) is 0 Å². The van der Waals surface area contributed by atoms with Crippen LogP contribution in [0.5, 0.6) is 0 Å². The van der Waals surface area contributed by atoms with Crippen LogP contribution >= 0.6 is 0 Å². The molecular weight excluding hydrogens is 186 g/mol. The number of nitrogens with one attached hydrogen (secondary N) is 1. The van der Waals surface area contributed by atoms with Crippen molar-refractivity contribution in [2.75, 3.05) is 6.54 Å². The number of nitrogens with zero attached hydrogens (tertiary/aromatic N) is 2.